The van der Waals surface area contributed by atoms with Crippen LogP contribution >= 0.6 is 0 Å². The van der Waals surface area contributed by atoms with Crippen molar-refractivity contribution in [1.82, 2.24) is 4.98 Å². The third-order valence-electron chi connectivity index (χ3n) is 1.52. The number of aliphatic hydroxyl groups is 2. The molecule has 0 saturated carbocycles. The molecule has 0 fully saturated rings. The van der Waals surface area contributed by atoms with Crippen molar-refractivity contribution in [3.05, 3.63) is 24.0 Å². The molecule has 0 amide bonds. The second kappa shape index (κ2) is 5.50. The van der Waals surface area contributed by atoms with E-state index in [1.165, 1.54) is 0 Å². The average Bonchev–Trinajstić information content (AvgIpc) is 2.19. The number of hydrogen-bond donors (Lipinski definition) is 2. The van der Waals surface area contributed by atoms with E-state index >= 15 is 0 Å². The molecule has 0 aromatic carbocycles. The number of hydrogen-bond acceptors (Lipinski definition) is 4. The number of rotatable bonds is 5. The Kier molecular flexibility index (Phi) is 4.21. The molecule has 0 saturated heterocycles. The van der Waals surface area contributed by atoms with Crippen LogP contribution in [0, 0.1) is 0 Å². The second-order valence-electron chi connectivity index (χ2n) is 2.57. The third kappa shape index (κ3) is 3.40. The van der Waals surface area contributed by atoms with E-state index in [9.17, 15) is 0 Å². The highest BCUT2D eigenvalue weighted by atomic mass is 16.5. The zero-order chi connectivity index (χ0) is 9.52. The third-order valence-corrected chi connectivity index (χ3v) is 1.52. The molecule has 1 aromatic heterocycles. The molecule has 0 aliphatic rings. The molecule has 1 heterocycles. The summed E-state index contributed by atoms with van der Waals surface area (Å²) >= 11 is 0. The first-order valence-corrected chi connectivity index (χ1v) is 4.16. The Bertz CT molecular complexity index is 252. The molecular weight excluding hydrogens is 170 g/mol. The van der Waals surface area contributed by atoms with Gasteiger partial charge in [0, 0.05) is 25.3 Å². The van der Waals surface area contributed by atoms with Crippen molar-refractivity contribution < 1.29 is 14.9 Å². The van der Waals surface area contributed by atoms with Gasteiger partial charge in [0.15, 0.2) is 0 Å². The van der Waals surface area contributed by atoms with Crippen molar-refractivity contribution >= 4 is 0 Å². The molecule has 1 rings (SSSR count). The monoisotopic (exact) mass is 183 g/mol. The predicted molar refractivity (Wildman–Crippen MR) is 47.4 cm³/mol. The SMILES string of the molecule is OCCCOc1ccnc(CO)c1. The van der Waals surface area contributed by atoms with E-state index in [0.29, 0.717) is 24.5 Å². The van der Waals surface area contributed by atoms with E-state index in [1.54, 1.807) is 18.3 Å². The van der Waals surface area contributed by atoms with Gasteiger partial charge in [-0.1, -0.05) is 0 Å². The lowest BCUT2D eigenvalue weighted by molar-refractivity contribution is 0.232. The van der Waals surface area contributed by atoms with Crippen LogP contribution in [0.4, 0.5) is 0 Å². The van der Waals surface area contributed by atoms with Gasteiger partial charge in [0.05, 0.1) is 18.9 Å². The maximum Gasteiger partial charge on any atom is 0.122 e. The van der Waals surface area contributed by atoms with E-state index in [-0.39, 0.29) is 13.2 Å². The molecule has 0 radical (unpaired) electrons. The Morgan fingerprint density at radius 2 is 2.23 bits per heavy atom. The quantitative estimate of drug-likeness (QED) is 0.646. The summed E-state index contributed by atoms with van der Waals surface area (Å²) in [5.74, 6) is 0.674. The fourth-order valence-corrected chi connectivity index (χ4v) is 0.887. The number of nitrogens with zero attached hydrogens (tertiary/aromatic N) is 1. The summed E-state index contributed by atoms with van der Waals surface area (Å²) in [4.78, 5) is 3.91. The molecule has 0 aliphatic heterocycles. The first-order valence-electron chi connectivity index (χ1n) is 4.16. The molecule has 13 heavy (non-hydrogen) atoms. The van der Waals surface area contributed by atoms with Crippen molar-refractivity contribution in [3.63, 3.8) is 0 Å². The van der Waals surface area contributed by atoms with Crippen molar-refractivity contribution in [2.45, 2.75) is 13.0 Å². The van der Waals surface area contributed by atoms with Crippen LogP contribution in [0.3, 0.4) is 0 Å². The van der Waals surface area contributed by atoms with E-state index in [1.807, 2.05) is 0 Å². The highest BCUT2D eigenvalue weighted by molar-refractivity contribution is 5.22. The average molecular weight is 183 g/mol. The van der Waals surface area contributed by atoms with Crippen LogP contribution < -0.4 is 4.74 Å². The van der Waals surface area contributed by atoms with Gasteiger partial charge in [-0.25, -0.2) is 0 Å². The Morgan fingerprint density at radius 1 is 1.38 bits per heavy atom. The number of ether oxygens (including phenoxy) is 1. The van der Waals surface area contributed by atoms with Gasteiger partial charge in [0.1, 0.15) is 5.75 Å². The fourth-order valence-electron chi connectivity index (χ4n) is 0.887. The summed E-state index contributed by atoms with van der Waals surface area (Å²) in [6.45, 7) is 0.514. The topological polar surface area (TPSA) is 62.6 Å². The summed E-state index contributed by atoms with van der Waals surface area (Å²) in [6.07, 6.45) is 2.19. The lowest BCUT2D eigenvalue weighted by Gasteiger charge is -2.05. The Balaban J connectivity index is 2.46. The smallest absolute Gasteiger partial charge is 0.122 e. The van der Waals surface area contributed by atoms with Crippen LogP contribution in [0.1, 0.15) is 12.1 Å². The van der Waals surface area contributed by atoms with Crippen LogP contribution in [0.2, 0.25) is 0 Å². The highest BCUT2D eigenvalue weighted by Crippen LogP contribution is 2.10. The minimum absolute atomic E-state index is 0.0861. The van der Waals surface area contributed by atoms with Crippen LogP contribution in [-0.2, 0) is 6.61 Å². The van der Waals surface area contributed by atoms with Gasteiger partial charge in [-0.05, 0) is 6.07 Å². The van der Waals surface area contributed by atoms with Gasteiger partial charge < -0.3 is 14.9 Å². The zero-order valence-corrected chi connectivity index (χ0v) is 7.31. The van der Waals surface area contributed by atoms with Crippen molar-refractivity contribution in [1.29, 1.82) is 0 Å². The van der Waals surface area contributed by atoms with Crippen LogP contribution in [-0.4, -0.2) is 28.4 Å². The molecule has 4 nitrogen and oxygen atoms in total. The van der Waals surface area contributed by atoms with Crippen LogP contribution in [0.25, 0.3) is 0 Å². The van der Waals surface area contributed by atoms with Gasteiger partial charge in [0.25, 0.3) is 0 Å². The molecule has 72 valence electrons. The second-order valence-corrected chi connectivity index (χ2v) is 2.57. The largest absolute Gasteiger partial charge is 0.493 e. The van der Waals surface area contributed by atoms with Gasteiger partial charge in [0.2, 0.25) is 0 Å². The Morgan fingerprint density at radius 3 is 2.92 bits per heavy atom. The summed E-state index contributed by atoms with van der Waals surface area (Å²) in [6, 6.07) is 3.40. The zero-order valence-electron chi connectivity index (χ0n) is 7.31. The lowest BCUT2D eigenvalue weighted by atomic mass is 10.3. The molecule has 1 aromatic rings. The summed E-state index contributed by atoms with van der Waals surface area (Å²) < 4.78 is 5.28. The highest BCUT2D eigenvalue weighted by Gasteiger charge is 1.96. The number of pyridine rings is 1. The summed E-state index contributed by atoms with van der Waals surface area (Å²) in [7, 11) is 0. The summed E-state index contributed by atoms with van der Waals surface area (Å²) in [5.41, 5.74) is 0.585. The van der Waals surface area contributed by atoms with Crippen molar-refractivity contribution in [2.75, 3.05) is 13.2 Å². The molecule has 0 spiro atoms. The van der Waals surface area contributed by atoms with E-state index in [4.69, 9.17) is 14.9 Å². The molecule has 0 bridgehead atoms. The minimum atomic E-state index is -0.0861. The van der Waals surface area contributed by atoms with Gasteiger partial charge in [-0.15, -0.1) is 0 Å². The van der Waals surface area contributed by atoms with Gasteiger partial charge >= 0.3 is 0 Å². The maximum absolute atomic E-state index is 8.78. The van der Waals surface area contributed by atoms with Crippen LogP contribution in [0.15, 0.2) is 18.3 Å². The van der Waals surface area contributed by atoms with Crippen molar-refractivity contribution in [2.24, 2.45) is 0 Å². The van der Waals surface area contributed by atoms with Crippen LogP contribution in [0.5, 0.6) is 5.75 Å². The van der Waals surface area contributed by atoms with Gasteiger partial charge in [-0.2, -0.15) is 0 Å². The molecule has 0 aliphatic carbocycles. The van der Waals surface area contributed by atoms with Gasteiger partial charge in [-0.3, -0.25) is 4.98 Å². The molecule has 0 unspecified atom stereocenters. The first-order chi connectivity index (χ1) is 6.36. The minimum Gasteiger partial charge on any atom is -0.493 e. The first kappa shape index (κ1) is 9.95. The normalized spacial score (nSPS) is 10.0. The predicted octanol–water partition coefficient (Wildman–Crippen LogP) is 0.335. The van der Waals surface area contributed by atoms with E-state index < -0.39 is 0 Å². The number of aliphatic hydroxyl groups excluding tert-OH is 2. The molecule has 0 atom stereocenters. The molecule has 2 N–H and O–H groups in total. The Labute approximate surface area is 76.8 Å². The lowest BCUT2D eigenvalue weighted by Crippen LogP contribution is -2.00. The van der Waals surface area contributed by atoms with E-state index in [0.717, 1.165) is 0 Å². The maximum atomic E-state index is 8.78. The molecule has 4 heteroatoms. The standard InChI is InChI=1S/C9H13NO3/c11-4-1-5-13-9-2-3-10-8(6-9)7-12/h2-3,6,11-12H,1,4-5,7H2. The Hall–Kier alpha value is -1.13. The fraction of sp³-hybridized carbons (Fsp3) is 0.444. The summed E-state index contributed by atoms with van der Waals surface area (Å²) in [5, 5.41) is 17.3. The molecular formula is C9H13NO3. The number of aromatic nitrogens is 1. The van der Waals surface area contributed by atoms with E-state index in [2.05, 4.69) is 4.98 Å². The van der Waals surface area contributed by atoms with Crippen molar-refractivity contribution in [3.8, 4) is 5.75 Å².